The molecule has 14 heavy (non-hydrogen) atoms. The molecule has 84 valence electrons. The molecule has 0 aromatic carbocycles. The minimum atomic E-state index is -4.58. The van der Waals surface area contributed by atoms with Crippen LogP contribution < -0.4 is 5.48 Å². The molecule has 1 rings (SSSR count). The number of aliphatic hydroxyl groups is 1. The molecule has 0 aromatic heterocycles. The smallest absolute Gasteiger partial charge is 0.382 e. The molecule has 0 aromatic rings. The summed E-state index contributed by atoms with van der Waals surface area (Å²) in [6, 6.07) is 0. The molecule has 3 nitrogen and oxygen atoms in total. The van der Waals surface area contributed by atoms with Crippen LogP contribution in [-0.4, -0.2) is 30.0 Å². The van der Waals surface area contributed by atoms with Gasteiger partial charge in [0.05, 0.1) is 12.6 Å². The second-order valence-electron chi connectivity index (χ2n) is 3.43. The van der Waals surface area contributed by atoms with Crippen molar-refractivity contribution in [2.24, 2.45) is 0 Å². The average molecular weight is 213 g/mol. The van der Waals surface area contributed by atoms with E-state index in [1.54, 1.807) is 0 Å². The lowest BCUT2D eigenvalue weighted by Crippen LogP contribution is -2.39. The Balaban J connectivity index is 2.08. The lowest BCUT2D eigenvalue weighted by molar-refractivity contribution is -0.209. The van der Waals surface area contributed by atoms with Crippen LogP contribution in [0.25, 0.3) is 0 Å². The van der Waals surface area contributed by atoms with E-state index < -0.39 is 18.8 Å². The van der Waals surface area contributed by atoms with Gasteiger partial charge >= 0.3 is 6.18 Å². The van der Waals surface area contributed by atoms with Crippen molar-refractivity contribution in [3.8, 4) is 0 Å². The zero-order chi connectivity index (χ0) is 10.6. The Morgan fingerprint density at radius 2 is 1.93 bits per heavy atom. The number of aliphatic hydroxyl groups excluding tert-OH is 1. The zero-order valence-electron chi connectivity index (χ0n) is 7.68. The summed E-state index contributed by atoms with van der Waals surface area (Å²) in [5.41, 5.74) is 2.16. The molecule has 0 spiro atoms. The second kappa shape index (κ2) is 4.95. The van der Waals surface area contributed by atoms with Crippen molar-refractivity contribution in [2.45, 2.75) is 44.1 Å². The molecule has 1 aliphatic rings. The molecule has 0 amide bonds. The van der Waals surface area contributed by atoms with Gasteiger partial charge in [-0.3, -0.25) is 4.84 Å². The summed E-state index contributed by atoms with van der Waals surface area (Å²) in [6.45, 7) is -0.611. The van der Waals surface area contributed by atoms with Gasteiger partial charge in [-0.25, -0.2) is 0 Å². The molecule has 0 saturated heterocycles. The number of nitrogens with one attached hydrogen (secondary N) is 1. The predicted molar refractivity (Wildman–Crippen MR) is 43.4 cm³/mol. The summed E-state index contributed by atoms with van der Waals surface area (Å²) in [5.74, 6) is 0. The molecule has 1 aliphatic carbocycles. The Hall–Kier alpha value is -0.330. The molecule has 0 bridgehead atoms. The predicted octanol–water partition coefficient (Wildman–Crippen LogP) is 1.37. The summed E-state index contributed by atoms with van der Waals surface area (Å²) in [5, 5.41) is 8.59. The first-order chi connectivity index (χ1) is 6.50. The van der Waals surface area contributed by atoms with Crippen LogP contribution in [0.5, 0.6) is 0 Å². The van der Waals surface area contributed by atoms with Crippen LogP contribution in [0.1, 0.15) is 25.7 Å². The summed E-state index contributed by atoms with van der Waals surface area (Å²) < 4.78 is 35.4. The number of hydrogen-bond donors (Lipinski definition) is 2. The Kier molecular flexibility index (Phi) is 4.15. The van der Waals surface area contributed by atoms with Gasteiger partial charge in [0, 0.05) is 0 Å². The standard InChI is InChI=1S/C8H14F3NO2/c9-8(10,11)7(13)5-12-14-6-3-1-2-4-6/h6-7,12-13H,1-5H2. The van der Waals surface area contributed by atoms with Crippen molar-refractivity contribution in [3.05, 3.63) is 0 Å². The highest BCUT2D eigenvalue weighted by molar-refractivity contribution is 4.68. The SMILES string of the molecule is OC(CNOC1CCCC1)C(F)(F)F. The first-order valence-electron chi connectivity index (χ1n) is 4.63. The van der Waals surface area contributed by atoms with Crippen LogP contribution in [0.3, 0.4) is 0 Å². The summed E-state index contributed by atoms with van der Waals surface area (Å²) >= 11 is 0. The molecule has 1 saturated carbocycles. The summed E-state index contributed by atoms with van der Waals surface area (Å²) in [6.07, 6.45) is -3.10. The quantitative estimate of drug-likeness (QED) is 0.693. The largest absolute Gasteiger partial charge is 0.415 e. The van der Waals surface area contributed by atoms with Gasteiger partial charge in [-0.1, -0.05) is 12.8 Å². The Bertz CT molecular complexity index is 168. The van der Waals surface area contributed by atoms with E-state index in [4.69, 9.17) is 9.94 Å². The van der Waals surface area contributed by atoms with E-state index in [9.17, 15) is 13.2 Å². The lowest BCUT2D eigenvalue weighted by Gasteiger charge is -2.17. The van der Waals surface area contributed by atoms with Gasteiger partial charge in [0.1, 0.15) is 0 Å². The first-order valence-corrected chi connectivity index (χ1v) is 4.63. The maximum Gasteiger partial charge on any atom is 0.415 e. The summed E-state index contributed by atoms with van der Waals surface area (Å²) in [4.78, 5) is 4.96. The van der Waals surface area contributed by atoms with Crippen LogP contribution in [0.15, 0.2) is 0 Å². The number of alkyl halides is 3. The number of halogens is 3. The molecule has 0 heterocycles. The van der Waals surface area contributed by atoms with Crippen molar-refractivity contribution >= 4 is 0 Å². The van der Waals surface area contributed by atoms with E-state index in [0.29, 0.717) is 0 Å². The van der Waals surface area contributed by atoms with Gasteiger partial charge in [0.25, 0.3) is 0 Å². The molecule has 1 atom stereocenters. The molecule has 1 fully saturated rings. The topological polar surface area (TPSA) is 41.5 Å². The molecule has 1 unspecified atom stereocenters. The first kappa shape index (κ1) is 11.7. The molecular formula is C8H14F3NO2. The maximum atomic E-state index is 11.8. The van der Waals surface area contributed by atoms with E-state index in [1.807, 2.05) is 0 Å². The molecule has 0 radical (unpaired) electrons. The third-order valence-corrected chi connectivity index (χ3v) is 2.21. The van der Waals surface area contributed by atoms with E-state index in [0.717, 1.165) is 25.7 Å². The van der Waals surface area contributed by atoms with E-state index in [-0.39, 0.29) is 6.10 Å². The van der Waals surface area contributed by atoms with E-state index in [1.165, 1.54) is 0 Å². The van der Waals surface area contributed by atoms with Gasteiger partial charge in [0.15, 0.2) is 6.10 Å². The Morgan fingerprint density at radius 1 is 1.36 bits per heavy atom. The van der Waals surface area contributed by atoms with Crippen molar-refractivity contribution in [1.82, 2.24) is 5.48 Å². The number of rotatable bonds is 4. The van der Waals surface area contributed by atoms with Crippen LogP contribution in [0, 0.1) is 0 Å². The van der Waals surface area contributed by atoms with Crippen molar-refractivity contribution in [3.63, 3.8) is 0 Å². The normalized spacial score (nSPS) is 21.4. The second-order valence-corrected chi connectivity index (χ2v) is 3.43. The minimum Gasteiger partial charge on any atom is -0.382 e. The molecular weight excluding hydrogens is 199 g/mol. The highest BCUT2D eigenvalue weighted by Crippen LogP contribution is 2.21. The fourth-order valence-electron chi connectivity index (χ4n) is 1.37. The molecule has 2 N–H and O–H groups in total. The fraction of sp³-hybridized carbons (Fsp3) is 1.00. The lowest BCUT2D eigenvalue weighted by atomic mass is 10.3. The molecule has 6 heteroatoms. The van der Waals surface area contributed by atoms with Crippen LogP contribution >= 0.6 is 0 Å². The Labute approximate surface area is 80.2 Å². The van der Waals surface area contributed by atoms with Gasteiger partial charge in [0.2, 0.25) is 0 Å². The highest BCUT2D eigenvalue weighted by Gasteiger charge is 2.38. The van der Waals surface area contributed by atoms with Crippen molar-refractivity contribution in [1.29, 1.82) is 0 Å². The van der Waals surface area contributed by atoms with Crippen LogP contribution in [0.4, 0.5) is 13.2 Å². The zero-order valence-corrected chi connectivity index (χ0v) is 7.68. The molecule has 0 aliphatic heterocycles. The van der Waals surface area contributed by atoms with Crippen molar-refractivity contribution < 1.29 is 23.1 Å². The highest BCUT2D eigenvalue weighted by atomic mass is 19.4. The Morgan fingerprint density at radius 3 is 2.43 bits per heavy atom. The summed E-state index contributed by atoms with van der Waals surface area (Å²) in [7, 11) is 0. The van der Waals surface area contributed by atoms with Crippen LogP contribution in [-0.2, 0) is 4.84 Å². The van der Waals surface area contributed by atoms with E-state index in [2.05, 4.69) is 5.48 Å². The van der Waals surface area contributed by atoms with Gasteiger partial charge < -0.3 is 5.11 Å². The van der Waals surface area contributed by atoms with E-state index >= 15 is 0 Å². The fourth-order valence-corrected chi connectivity index (χ4v) is 1.37. The minimum absolute atomic E-state index is 0.00423. The van der Waals surface area contributed by atoms with Crippen LogP contribution in [0.2, 0.25) is 0 Å². The van der Waals surface area contributed by atoms with Gasteiger partial charge in [-0.2, -0.15) is 18.7 Å². The monoisotopic (exact) mass is 213 g/mol. The third-order valence-electron chi connectivity index (χ3n) is 2.21. The van der Waals surface area contributed by atoms with Gasteiger partial charge in [-0.05, 0) is 12.8 Å². The maximum absolute atomic E-state index is 11.8. The van der Waals surface area contributed by atoms with Gasteiger partial charge in [-0.15, -0.1) is 0 Å². The van der Waals surface area contributed by atoms with Crippen molar-refractivity contribution in [2.75, 3.05) is 6.54 Å². The third kappa shape index (κ3) is 3.81. The number of hydroxylamine groups is 1. The average Bonchev–Trinajstić information content (AvgIpc) is 2.55. The number of hydrogen-bond acceptors (Lipinski definition) is 3.